The average molecular weight is 221 g/mol. The maximum Gasteiger partial charge on any atom is 0.164 e. The van der Waals surface area contributed by atoms with Crippen molar-refractivity contribution >= 4 is 0 Å². The van der Waals surface area contributed by atoms with E-state index in [4.69, 9.17) is 19.5 Å². The molecule has 0 aliphatic heterocycles. The summed E-state index contributed by atoms with van der Waals surface area (Å²) in [5.74, 6) is 1.89. The van der Waals surface area contributed by atoms with E-state index in [0.717, 1.165) is 5.56 Å². The third kappa shape index (κ3) is 2.57. The van der Waals surface area contributed by atoms with E-state index in [1.54, 1.807) is 26.4 Å². The summed E-state index contributed by atoms with van der Waals surface area (Å²) < 4.78 is 15.8. The molecule has 0 radical (unpaired) electrons. The fourth-order valence-electron chi connectivity index (χ4n) is 1.42. The summed E-state index contributed by atoms with van der Waals surface area (Å²) in [5.41, 5.74) is 0.800. The van der Waals surface area contributed by atoms with Gasteiger partial charge in [0, 0.05) is 11.6 Å². The summed E-state index contributed by atoms with van der Waals surface area (Å²) >= 11 is 0. The molecule has 0 amide bonds. The number of rotatable bonds is 5. The van der Waals surface area contributed by atoms with Gasteiger partial charge in [0.25, 0.3) is 0 Å². The lowest BCUT2D eigenvalue weighted by Crippen LogP contribution is -1.99. The lowest BCUT2D eigenvalue weighted by Gasteiger charge is -2.13. The van der Waals surface area contributed by atoms with Gasteiger partial charge in [0.05, 0.1) is 33.3 Å². The fraction of sp³-hybridized carbons (Fsp3) is 0.417. The molecule has 0 saturated carbocycles. The Hall–Kier alpha value is -1.89. The van der Waals surface area contributed by atoms with Crippen LogP contribution in [0.5, 0.6) is 17.2 Å². The first-order valence-corrected chi connectivity index (χ1v) is 5.01. The highest BCUT2D eigenvalue weighted by Crippen LogP contribution is 2.34. The second-order valence-corrected chi connectivity index (χ2v) is 3.08. The highest BCUT2D eigenvalue weighted by atomic mass is 16.5. The van der Waals surface area contributed by atoms with Gasteiger partial charge in [0.2, 0.25) is 0 Å². The third-order valence-corrected chi connectivity index (χ3v) is 2.14. The molecule has 0 unspecified atom stereocenters. The lowest BCUT2D eigenvalue weighted by atomic mass is 10.1. The standard InChI is InChI=1S/C12H15NO3/c1-4-16-12-7-9(5-6-13)10(14-2)8-11(12)15-3/h7-8H,4-5H2,1-3H3. The van der Waals surface area contributed by atoms with Crippen molar-refractivity contribution in [2.45, 2.75) is 13.3 Å². The van der Waals surface area contributed by atoms with Crippen molar-refractivity contribution < 1.29 is 14.2 Å². The summed E-state index contributed by atoms with van der Waals surface area (Å²) in [6.45, 7) is 2.45. The zero-order valence-electron chi connectivity index (χ0n) is 9.74. The molecule has 0 atom stereocenters. The Morgan fingerprint density at radius 3 is 2.31 bits per heavy atom. The summed E-state index contributed by atoms with van der Waals surface area (Å²) in [5, 5.41) is 8.71. The lowest BCUT2D eigenvalue weighted by molar-refractivity contribution is 0.308. The molecule has 0 heterocycles. The van der Waals surface area contributed by atoms with Crippen molar-refractivity contribution in [2.75, 3.05) is 20.8 Å². The van der Waals surface area contributed by atoms with E-state index in [0.29, 0.717) is 23.9 Å². The minimum Gasteiger partial charge on any atom is -0.496 e. The molecule has 0 aliphatic rings. The second-order valence-electron chi connectivity index (χ2n) is 3.08. The Morgan fingerprint density at radius 2 is 1.81 bits per heavy atom. The molecule has 0 spiro atoms. The fourth-order valence-corrected chi connectivity index (χ4v) is 1.42. The molecule has 4 heteroatoms. The van der Waals surface area contributed by atoms with Crippen molar-refractivity contribution in [1.82, 2.24) is 0 Å². The Labute approximate surface area is 95.4 Å². The maximum absolute atomic E-state index is 8.71. The van der Waals surface area contributed by atoms with Gasteiger partial charge in [-0.05, 0) is 13.0 Å². The predicted molar refractivity (Wildman–Crippen MR) is 60.0 cm³/mol. The zero-order valence-corrected chi connectivity index (χ0v) is 9.74. The van der Waals surface area contributed by atoms with E-state index >= 15 is 0 Å². The Bertz CT molecular complexity index is 396. The Balaban J connectivity index is 3.18. The van der Waals surface area contributed by atoms with Crippen LogP contribution in [0, 0.1) is 11.3 Å². The molecule has 0 fully saturated rings. The zero-order chi connectivity index (χ0) is 12.0. The highest BCUT2D eigenvalue weighted by Gasteiger charge is 2.11. The first-order chi connectivity index (χ1) is 7.76. The van der Waals surface area contributed by atoms with Gasteiger partial charge in [-0.2, -0.15) is 5.26 Å². The number of benzene rings is 1. The van der Waals surface area contributed by atoms with Gasteiger partial charge < -0.3 is 14.2 Å². The van der Waals surface area contributed by atoms with Crippen LogP contribution in [0.3, 0.4) is 0 Å². The number of ether oxygens (including phenoxy) is 3. The van der Waals surface area contributed by atoms with E-state index < -0.39 is 0 Å². The molecule has 16 heavy (non-hydrogen) atoms. The van der Waals surface area contributed by atoms with Gasteiger partial charge >= 0.3 is 0 Å². The van der Waals surface area contributed by atoms with Crippen LogP contribution in [0.4, 0.5) is 0 Å². The number of methoxy groups -OCH3 is 2. The molecular formula is C12H15NO3. The molecule has 4 nitrogen and oxygen atoms in total. The van der Waals surface area contributed by atoms with E-state index in [1.165, 1.54) is 0 Å². The monoisotopic (exact) mass is 221 g/mol. The van der Waals surface area contributed by atoms with Crippen molar-refractivity contribution in [2.24, 2.45) is 0 Å². The van der Waals surface area contributed by atoms with E-state index in [-0.39, 0.29) is 6.42 Å². The molecule has 0 aliphatic carbocycles. The van der Waals surface area contributed by atoms with Gasteiger partial charge in [-0.3, -0.25) is 0 Å². The van der Waals surface area contributed by atoms with Crippen molar-refractivity contribution in [3.63, 3.8) is 0 Å². The van der Waals surface area contributed by atoms with Crippen molar-refractivity contribution in [3.8, 4) is 23.3 Å². The van der Waals surface area contributed by atoms with E-state index in [2.05, 4.69) is 6.07 Å². The molecular weight excluding hydrogens is 206 g/mol. The maximum atomic E-state index is 8.71. The van der Waals surface area contributed by atoms with Crippen LogP contribution in [0.15, 0.2) is 12.1 Å². The van der Waals surface area contributed by atoms with Gasteiger partial charge in [-0.1, -0.05) is 0 Å². The van der Waals surface area contributed by atoms with Crippen LogP contribution < -0.4 is 14.2 Å². The minimum atomic E-state index is 0.285. The van der Waals surface area contributed by atoms with Crippen LogP contribution in [0.2, 0.25) is 0 Å². The molecule has 86 valence electrons. The van der Waals surface area contributed by atoms with E-state index in [1.807, 2.05) is 6.92 Å². The van der Waals surface area contributed by atoms with Crippen molar-refractivity contribution in [3.05, 3.63) is 17.7 Å². The van der Waals surface area contributed by atoms with Crippen LogP contribution >= 0.6 is 0 Å². The van der Waals surface area contributed by atoms with Crippen LogP contribution in [-0.2, 0) is 6.42 Å². The van der Waals surface area contributed by atoms with Crippen LogP contribution in [-0.4, -0.2) is 20.8 Å². The first-order valence-electron chi connectivity index (χ1n) is 5.01. The number of nitriles is 1. The predicted octanol–water partition coefficient (Wildman–Crippen LogP) is 2.17. The third-order valence-electron chi connectivity index (χ3n) is 2.14. The average Bonchev–Trinajstić information content (AvgIpc) is 2.30. The van der Waals surface area contributed by atoms with E-state index in [9.17, 15) is 0 Å². The van der Waals surface area contributed by atoms with Gasteiger partial charge in [0.1, 0.15) is 5.75 Å². The van der Waals surface area contributed by atoms with Gasteiger partial charge in [0.15, 0.2) is 11.5 Å². The normalized spacial score (nSPS) is 9.38. The molecule has 0 N–H and O–H groups in total. The summed E-state index contributed by atoms with van der Waals surface area (Å²) in [4.78, 5) is 0. The SMILES string of the molecule is CCOc1cc(CC#N)c(OC)cc1OC. The largest absolute Gasteiger partial charge is 0.496 e. The molecule has 1 aromatic rings. The van der Waals surface area contributed by atoms with Gasteiger partial charge in [-0.15, -0.1) is 0 Å². The molecule has 1 aromatic carbocycles. The first kappa shape index (κ1) is 12.2. The van der Waals surface area contributed by atoms with Crippen LogP contribution in [0.1, 0.15) is 12.5 Å². The summed E-state index contributed by atoms with van der Waals surface area (Å²) in [6, 6.07) is 5.61. The van der Waals surface area contributed by atoms with Crippen molar-refractivity contribution in [1.29, 1.82) is 5.26 Å². The number of hydrogen-bond donors (Lipinski definition) is 0. The number of hydrogen-bond acceptors (Lipinski definition) is 4. The minimum absolute atomic E-state index is 0.285. The Morgan fingerprint density at radius 1 is 1.12 bits per heavy atom. The molecule has 0 bridgehead atoms. The molecule has 0 saturated heterocycles. The summed E-state index contributed by atoms with van der Waals surface area (Å²) in [7, 11) is 3.14. The van der Waals surface area contributed by atoms with Gasteiger partial charge in [-0.25, -0.2) is 0 Å². The highest BCUT2D eigenvalue weighted by molar-refractivity contribution is 5.51. The smallest absolute Gasteiger partial charge is 0.164 e. The second kappa shape index (κ2) is 5.86. The Kier molecular flexibility index (Phi) is 4.46. The molecule has 0 aromatic heterocycles. The summed E-state index contributed by atoms with van der Waals surface area (Å²) in [6.07, 6.45) is 0.285. The topological polar surface area (TPSA) is 51.5 Å². The van der Waals surface area contributed by atoms with Crippen LogP contribution in [0.25, 0.3) is 0 Å². The number of nitrogens with zero attached hydrogens (tertiary/aromatic N) is 1. The molecule has 1 rings (SSSR count). The quantitative estimate of drug-likeness (QED) is 0.764.